The Kier molecular flexibility index (Phi) is 9.36. The van der Waals surface area contributed by atoms with Crippen molar-refractivity contribution >= 4 is 17.9 Å². The Labute approximate surface area is 280 Å². The highest BCUT2D eigenvalue weighted by Gasteiger charge is 2.44. The van der Waals surface area contributed by atoms with Gasteiger partial charge in [0.2, 0.25) is 11.8 Å². The van der Waals surface area contributed by atoms with Gasteiger partial charge in [-0.25, -0.2) is 14.8 Å². The molecule has 2 fully saturated rings. The highest BCUT2D eigenvalue weighted by molar-refractivity contribution is 5.83. The molecule has 3 amide bonds. The van der Waals surface area contributed by atoms with Crippen LogP contribution in [0.15, 0.2) is 60.9 Å². The number of alkyl carbamates (subject to hydrolysis) is 1. The summed E-state index contributed by atoms with van der Waals surface area (Å²) >= 11 is 0. The van der Waals surface area contributed by atoms with E-state index in [-0.39, 0.29) is 30.3 Å². The molecule has 12 heteroatoms. The summed E-state index contributed by atoms with van der Waals surface area (Å²) < 4.78 is 4.54. The second-order valence-corrected chi connectivity index (χ2v) is 13.2. The van der Waals surface area contributed by atoms with E-state index in [2.05, 4.69) is 89.5 Å². The average molecular weight is 653 g/mol. The Morgan fingerprint density at radius 3 is 1.62 bits per heavy atom. The van der Waals surface area contributed by atoms with E-state index in [4.69, 9.17) is 4.98 Å². The fourth-order valence-electron chi connectivity index (χ4n) is 6.63. The van der Waals surface area contributed by atoms with Crippen molar-refractivity contribution in [3.05, 3.63) is 72.6 Å². The normalized spacial score (nSPS) is 16.7. The number of ether oxygens (including phenoxy) is 1. The van der Waals surface area contributed by atoms with Crippen LogP contribution in [0.2, 0.25) is 0 Å². The van der Waals surface area contributed by atoms with Crippen LogP contribution < -0.4 is 21.3 Å². The van der Waals surface area contributed by atoms with Crippen LogP contribution in [-0.4, -0.2) is 64.6 Å². The lowest BCUT2D eigenvalue weighted by Crippen LogP contribution is -2.57. The van der Waals surface area contributed by atoms with E-state index in [1.165, 1.54) is 7.11 Å². The van der Waals surface area contributed by atoms with Crippen molar-refractivity contribution in [2.75, 3.05) is 20.7 Å². The zero-order chi connectivity index (χ0) is 33.9. The molecule has 0 bridgehead atoms. The first-order valence-electron chi connectivity index (χ1n) is 16.6. The van der Waals surface area contributed by atoms with Crippen LogP contribution >= 0.6 is 0 Å². The predicted octanol–water partition coefficient (Wildman–Crippen LogP) is 4.72. The topological polar surface area (TPSA) is 166 Å². The number of imidazole rings is 2. The maximum absolute atomic E-state index is 13.0. The summed E-state index contributed by atoms with van der Waals surface area (Å²) in [5.41, 5.74) is 4.93. The summed E-state index contributed by atoms with van der Waals surface area (Å²) in [6.45, 7) is 3.92. The number of aromatic amines is 2. The molecule has 2 heterocycles. The van der Waals surface area contributed by atoms with Gasteiger partial charge in [0, 0.05) is 0 Å². The Morgan fingerprint density at radius 2 is 1.23 bits per heavy atom. The van der Waals surface area contributed by atoms with Crippen LogP contribution in [0.25, 0.3) is 33.6 Å². The van der Waals surface area contributed by atoms with Crippen LogP contribution in [0.4, 0.5) is 4.79 Å². The van der Waals surface area contributed by atoms with Crippen molar-refractivity contribution in [3.63, 3.8) is 0 Å². The first kappa shape index (κ1) is 33.0. The highest BCUT2D eigenvalue weighted by atomic mass is 16.5. The number of nitrogens with zero attached hydrogens (tertiary/aromatic N) is 2. The largest absolute Gasteiger partial charge is 0.453 e. The monoisotopic (exact) mass is 652 g/mol. The molecule has 1 unspecified atom stereocenters. The molecule has 2 aromatic carbocycles. The summed E-state index contributed by atoms with van der Waals surface area (Å²) in [4.78, 5) is 53.1. The molecule has 6 rings (SSSR count). The molecule has 2 aliphatic rings. The summed E-state index contributed by atoms with van der Waals surface area (Å²) in [6.07, 6.45) is 8.28. The van der Waals surface area contributed by atoms with E-state index < -0.39 is 17.2 Å². The van der Waals surface area contributed by atoms with Gasteiger partial charge in [-0.2, -0.15) is 0 Å². The molecule has 0 aliphatic heterocycles. The number of benzene rings is 2. The van der Waals surface area contributed by atoms with Gasteiger partial charge in [0.05, 0.1) is 48.0 Å². The number of methoxy groups -OCH3 is 1. The molecule has 2 aromatic heterocycles. The molecule has 48 heavy (non-hydrogen) atoms. The quantitative estimate of drug-likeness (QED) is 0.129. The summed E-state index contributed by atoms with van der Waals surface area (Å²) in [5, 5.41) is 11.9. The molecule has 0 saturated heterocycles. The van der Waals surface area contributed by atoms with Gasteiger partial charge in [-0.05, 0) is 73.7 Å². The van der Waals surface area contributed by atoms with Crippen molar-refractivity contribution < 1.29 is 19.1 Å². The number of aromatic nitrogens is 4. The zero-order valence-corrected chi connectivity index (χ0v) is 27.9. The summed E-state index contributed by atoms with van der Waals surface area (Å²) in [5.74, 6) is 1.41. The minimum Gasteiger partial charge on any atom is -0.453 e. The number of hydrogen-bond donors (Lipinski definition) is 6. The number of H-pyrrole nitrogens is 2. The lowest BCUT2D eigenvalue weighted by Gasteiger charge is -2.42. The molecule has 6 N–H and O–H groups in total. The maximum Gasteiger partial charge on any atom is 0.407 e. The fourth-order valence-corrected chi connectivity index (χ4v) is 6.63. The van der Waals surface area contributed by atoms with Gasteiger partial charge < -0.3 is 36.0 Å². The second kappa shape index (κ2) is 13.6. The van der Waals surface area contributed by atoms with Crippen LogP contribution in [-0.2, 0) is 25.4 Å². The van der Waals surface area contributed by atoms with Crippen molar-refractivity contribution in [1.82, 2.24) is 41.2 Å². The van der Waals surface area contributed by atoms with Gasteiger partial charge in [-0.1, -0.05) is 62.4 Å². The van der Waals surface area contributed by atoms with Crippen molar-refractivity contribution in [3.8, 4) is 33.6 Å². The molecule has 0 spiro atoms. The Hall–Kier alpha value is -4.97. The molecule has 1 atom stereocenters. The van der Waals surface area contributed by atoms with E-state index >= 15 is 0 Å². The third-order valence-electron chi connectivity index (χ3n) is 9.78. The molecule has 12 nitrogen and oxygen atoms in total. The zero-order valence-electron chi connectivity index (χ0n) is 27.9. The van der Waals surface area contributed by atoms with Gasteiger partial charge >= 0.3 is 6.09 Å². The SMILES string of the molecule is CNC(C(=O)NC1(c2ncc(-c3ccc(-c4ccc(-c5cnc(C6(NC(=O)CNC(=O)OC)CCC6)[nH]5)cc4)cc3)[nH]2)CCC1)C(C)C. The van der Waals surface area contributed by atoms with Crippen molar-refractivity contribution in [2.45, 2.75) is 69.5 Å². The fraction of sp³-hybridized carbons (Fsp3) is 0.417. The van der Waals surface area contributed by atoms with E-state index in [0.717, 1.165) is 78.0 Å². The summed E-state index contributed by atoms with van der Waals surface area (Å²) in [7, 11) is 3.08. The number of hydrogen-bond acceptors (Lipinski definition) is 7. The number of carbonyl (C=O) groups is 3. The van der Waals surface area contributed by atoms with Crippen LogP contribution in [0.5, 0.6) is 0 Å². The molecule has 2 aliphatic carbocycles. The Morgan fingerprint density at radius 1 is 0.771 bits per heavy atom. The summed E-state index contributed by atoms with van der Waals surface area (Å²) in [6, 6.07) is 16.4. The molecule has 0 radical (unpaired) electrons. The molecular weight excluding hydrogens is 608 g/mol. The first-order chi connectivity index (χ1) is 23.1. The van der Waals surface area contributed by atoms with Gasteiger partial charge in [0.1, 0.15) is 18.2 Å². The van der Waals surface area contributed by atoms with E-state index in [1.54, 1.807) is 6.20 Å². The minimum absolute atomic E-state index is 0.00566. The van der Waals surface area contributed by atoms with Gasteiger partial charge in [0.15, 0.2) is 0 Å². The molecule has 252 valence electrons. The maximum atomic E-state index is 13.0. The Balaban J connectivity index is 1.11. The van der Waals surface area contributed by atoms with Crippen LogP contribution in [0, 0.1) is 5.92 Å². The molecular formula is C36H44N8O4. The Bertz CT molecular complexity index is 1750. The number of carbonyl (C=O) groups excluding carboxylic acids is 3. The second-order valence-electron chi connectivity index (χ2n) is 13.2. The number of likely N-dealkylation sites (N-methyl/N-ethyl adjacent to an activating group) is 1. The third kappa shape index (κ3) is 6.57. The minimum atomic E-state index is -0.649. The standard InChI is InChI=1S/C36H44N8O4/c1-22(2)30(37-3)31(46)44-36(17-6-18-36)33-39-20-28(42-33)26-13-9-24(10-14-26)23-7-11-25(12-8-23)27-19-38-32(41-27)35(15-5-16-35)43-29(45)21-40-34(47)48-4/h7-14,19-20,22,30,37H,5-6,15-18,21H2,1-4H3,(H,38,41)(H,39,42)(H,40,47)(H,43,45)(H,44,46). The van der Waals surface area contributed by atoms with E-state index in [0.29, 0.717) is 5.82 Å². The van der Waals surface area contributed by atoms with Gasteiger partial charge in [-0.3, -0.25) is 9.59 Å². The highest BCUT2D eigenvalue weighted by Crippen LogP contribution is 2.42. The average Bonchev–Trinajstić information content (AvgIpc) is 3.75. The first-order valence-corrected chi connectivity index (χ1v) is 16.6. The smallest absolute Gasteiger partial charge is 0.407 e. The molecule has 2 saturated carbocycles. The van der Waals surface area contributed by atoms with Crippen molar-refractivity contribution in [2.24, 2.45) is 5.92 Å². The predicted molar refractivity (Wildman–Crippen MR) is 182 cm³/mol. The van der Waals surface area contributed by atoms with E-state index in [1.807, 2.05) is 27.1 Å². The van der Waals surface area contributed by atoms with E-state index in [9.17, 15) is 14.4 Å². The van der Waals surface area contributed by atoms with Crippen LogP contribution in [0.3, 0.4) is 0 Å². The van der Waals surface area contributed by atoms with Crippen molar-refractivity contribution in [1.29, 1.82) is 0 Å². The number of amides is 3. The molecule has 4 aromatic rings. The third-order valence-corrected chi connectivity index (χ3v) is 9.78. The lowest BCUT2D eigenvalue weighted by molar-refractivity contribution is -0.127. The van der Waals surface area contributed by atoms with Crippen LogP contribution in [0.1, 0.15) is 64.0 Å². The lowest BCUT2D eigenvalue weighted by atomic mass is 9.75. The van der Waals surface area contributed by atoms with Gasteiger partial charge in [-0.15, -0.1) is 0 Å². The number of nitrogens with one attached hydrogen (secondary N) is 6. The van der Waals surface area contributed by atoms with Gasteiger partial charge in [0.25, 0.3) is 0 Å². The number of rotatable bonds is 12.